The first-order chi connectivity index (χ1) is 8.07. The topological polar surface area (TPSA) is 35.2 Å². The molecule has 17 heavy (non-hydrogen) atoms. The van der Waals surface area contributed by atoms with E-state index in [0.29, 0.717) is 0 Å². The number of benzene rings is 1. The van der Waals surface area contributed by atoms with E-state index in [1.54, 1.807) is 7.11 Å². The Morgan fingerprint density at radius 2 is 2.18 bits per heavy atom. The lowest BCUT2D eigenvalue weighted by Gasteiger charge is -2.45. The van der Waals surface area contributed by atoms with E-state index in [1.165, 1.54) is 12.0 Å². The number of hydrogen-bond donors (Lipinski definition) is 1. The lowest BCUT2D eigenvalue weighted by Crippen LogP contribution is -2.55. The van der Waals surface area contributed by atoms with E-state index in [-0.39, 0.29) is 11.6 Å². The SMILES string of the molecule is COC1(C(N)Cc2ccc(C)cc2Cl)CCC1. The quantitative estimate of drug-likeness (QED) is 0.895. The molecule has 0 radical (unpaired) electrons. The van der Waals surface area contributed by atoms with Gasteiger partial charge in [0, 0.05) is 18.2 Å². The molecule has 1 aromatic rings. The molecule has 0 amide bonds. The molecule has 2 nitrogen and oxygen atoms in total. The fourth-order valence-corrected chi connectivity index (χ4v) is 2.80. The number of halogens is 1. The molecule has 1 saturated carbocycles. The second-order valence-corrected chi connectivity index (χ2v) is 5.44. The van der Waals surface area contributed by atoms with Gasteiger partial charge in [-0.05, 0) is 49.8 Å². The van der Waals surface area contributed by atoms with Crippen molar-refractivity contribution in [2.45, 2.75) is 44.2 Å². The van der Waals surface area contributed by atoms with Crippen LogP contribution in [0, 0.1) is 6.92 Å². The van der Waals surface area contributed by atoms with E-state index in [0.717, 1.165) is 29.8 Å². The van der Waals surface area contributed by atoms with Crippen molar-refractivity contribution in [1.82, 2.24) is 0 Å². The van der Waals surface area contributed by atoms with Crippen LogP contribution in [0.25, 0.3) is 0 Å². The number of aryl methyl sites for hydroxylation is 1. The lowest BCUT2D eigenvalue weighted by atomic mass is 9.73. The summed E-state index contributed by atoms with van der Waals surface area (Å²) in [5.41, 5.74) is 8.46. The summed E-state index contributed by atoms with van der Waals surface area (Å²) in [6, 6.07) is 6.17. The fraction of sp³-hybridized carbons (Fsp3) is 0.571. The molecule has 0 aromatic heterocycles. The predicted molar refractivity (Wildman–Crippen MR) is 71.5 cm³/mol. The molecular formula is C14H20ClNO. The number of methoxy groups -OCH3 is 1. The Labute approximate surface area is 108 Å². The van der Waals surface area contributed by atoms with Crippen LogP contribution in [0.2, 0.25) is 5.02 Å². The number of rotatable bonds is 4. The summed E-state index contributed by atoms with van der Waals surface area (Å²) in [6.45, 7) is 2.04. The second kappa shape index (κ2) is 4.97. The fourth-order valence-electron chi connectivity index (χ4n) is 2.49. The maximum atomic E-state index is 6.28. The predicted octanol–water partition coefficient (Wildman–Crippen LogP) is 3.09. The first kappa shape index (κ1) is 12.9. The van der Waals surface area contributed by atoms with Gasteiger partial charge in [0.25, 0.3) is 0 Å². The summed E-state index contributed by atoms with van der Waals surface area (Å²) in [7, 11) is 1.76. The van der Waals surface area contributed by atoms with Gasteiger partial charge in [-0.2, -0.15) is 0 Å². The van der Waals surface area contributed by atoms with Gasteiger partial charge in [-0.25, -0.2) is 0 Å². The first-order valence-electron chi connectivity index (χ1n) is 6.13. The summed E-state index contributed by atoms with van der Waals surface area (Å²) < 4.78 is 5.60. The highest BCUT2D eigenvalue weighted by Gasteiger charge is 2.42. The summed E-state index contributed by atoms with van der Waals surface area (Å²) in [5.74, 6) is 0. The van der Waals surface area contributed by atoms with Gasteiger partial charge in [0.1, 0.15) is 0 Å². The molecule has 0 bridgehead atoms. The smallest absolute Gasteiger partial charge is 0.0832 e. The summed E-state index contributed by atoms with van der Waals surface area (Å²) >= 11 is 6.23. The summed E-state index contributed by atoms with van der Waals surface area (Å²) in [6.07, 6.45) is 4.12. The Balaban J connectivity index is 2.10. The van der Waals surface area contributed by atoms with Crippen molar-refractivity contribution in [3.63, 3.8) is 0 Å². The molecule has 1 aliphatic rings. The van der Waals surface area contributed by atoms with Crippen molar-refractivity contribution < 1.29 is 4.74 Å². The molecule has 2 N–H and O–H groups in total. The highest BCUT2D eigenvalue weighted by atomic mass is 35.5. The third-order valence-electron chi connectivity index (χ3n) is 3.93. The average molecular weight is 254 g/mol. The van der Waals surface area contributed by atoms with Crippen LogP contribution in [0.5, 0.6) is 0 Å². The maximum absolute atomic E-state index is 6.28. The molecule has 2 rings (SSSR count). The molecule has 0 aliphatic heterocycles. The molecule has 1 fully saturated rings. The Morgan fingerprint density at radius 3 is 2.65 bits per heavy atom. The molecule has 0 heterocycles. The van der Waals surface area contributed by atoms with Crippen LogP contribution in [0.1, 0.15) is 30.4 Å². The maximum Gasteiger partial charge on any atom is 0.0832 e. The summed E-state index contributed by atoms with van der Waals surface area (Å²) in [5, 5.41) is 0.811. The molecule has 1 aliphatic carbocycles. The Bertz CT molecular complexity index is 396. The van der Waals surface area contributed by atoms with Crippen molar-refractivity contribution in [1.29, 1.82) is 0 Å². The van der Waals surface area contributed by atoms with Crippen molar-refractivity contribution in [3.8, 4) is 0 Å². The van der Waals surface area contributed by atoms with Crippen LogP contribution in [-0.4, -0.2) is 18.8 Å². The van der Waals surface area contributed by atoms with Crippen LogP contribution in [0.15, 0.2) is 18.2 Å². The van der Waals surface area contributed by atoms with Gasteiger partial charge >= 0.3 is 0 Å². The highest BCUT2D eigenvalue weighted by molar-refractivity contribution is 6.31. The van der Waals surface area contributed by atoms with Gasteiger partial charge < -0.3 is 10.5 Å². The minimum Gasteiger partial charge on any atom is -0.377 e. The van der Waals surface area contributed by atoms with Crippen LogP contribution in [0.4, 0.5) is 0 Å². The molecule has 94 valence electrons. The normalized spacial score (nSPS) is 19.8. The van der Waals surface area contributed by atoms with Gasteiger partial charge in [-0.1, -0.05) is 23.7 Å². The summed E-state index contributed by atoms with van der Waals surface area (Å²) in [4.78, 5) is 0. The number of nitrogens with two attached hydrogens (primary N) is 1. The van der Waals surface area contributed by atoms with Gasteiger partial charge in [0.2, 0.25) is 0 Å². The van der Waals surface area contributed by atoms with E-state index in [9.17, 15) is 0 Å². The number of ether oxygens (including phenoxy) is 1. The molecule has 3 heteroatoms. The molecule has 1 atom stereocenters. The Hall–Kier alpha value is -0.570. The zero-order valence-corrected chi connectivity index (χ0v) is 11.3. The third kappa shape index (κ3) is 2.49. The monoisotopic (exact) mass is 253 g/mol. The first-order valence-corrected chi connectivity index (χ1v) is 6.51. The second-order valence-electron chi connectivity index (χ2n) is 5.03. The van der Waals surface area contributed by atoms with E-state index in [1.807, 2.05) is 13.0 Å². The van der Waals surface area contributed by atoms with Crippen LogP contribution in [0.3, 0.4) is 0 Å². The van der Waals surface area contributed by atoms with Gasteiger partial charge in [-0.3, -0.25) is 0 Å². The van der Waals surface area contributed by atoms with Gasteiger partial charge in [0.05, 0.1) is 5.60 Å². The van der Waals surface area contributed by atoms with Crippen molar-refractivity contribution >= 4 is 11.6 Å². The van der Waals surface area contributed by atoms with E-state index < -0.39 is 0 Å². The molecular weight excluding hydrogens is 234 g/mol. The molecule has 1 unspecified atom stereocenters. The largest absolute Gasteiger partial charge is 0.377 e. The van der Waals surface area contributed by atoms with Gasteiger partial charge in [-0.15, -0.1) is 0 Å². The molecule has 0 saturated heterocycles. The highest BCUT2D eigenvalue weighted by Crippen LogP contribution is 2.38. The van der Waals surface area contributed by atoms with E-state index in [4.69, 9.17) is 22.1 Å². The molecule has 0 spiro atoms. The Morgan fingerprint density at radius 1 is 1.47 bits per heavy atom. The third-order valence-corrected chi connectivity index (χ3v) is 4.28. The molecule has 1 aromatic carbocycles. The van der Waals surface area contributed by atoms with Crippen LogP contribution in [-0.2, 0) is 11.2 Å². The van der Waals surface area contributed by atoms with Crippen molar-refractivity contribution in [2.75, 3.05) is 7.11 Å². The van der Waals surface area contributed by atoms with E-state index in [2.05, 4.69) is 12.1 Å². The minimum atomic E-state index is -0.117. The minimum absolute atomic E-state index is 0.0291. The van der Waals surface area contributed by atoms with Crippen LogP contribution < -0.4 is 5.73 Å². The van der Waals surface area contributed by atoms with Gasteiger partial charge in [0.15, 0.2) is 0 Å². The van der Waals surface area contributed by atoms with Crippen molar-refractivity contribution in [3.05, 3.63) is 34.3 Å². The van der Waals surface area contributed by atoms with Crippen LogP contribution >= 0.6 is 11.6 Å². The Kier molecular flexibility index (Phi) is 3.76. The zero-order chi connectivity index (χ0) is 12.5. The lowest BCUT2D eigenvalue weighted by molar-refractivity contribution is -0.0896. The average Bonchev–Trinajstić information content (AvgIpc) is 2.21. The van der Waals surface area contributed by atoms with E-state index >= 15 is 0 Å². The van der Waals surface area contributed by atoms with Crippen molar-refractivity contribution in [2.24, 2.45) is 5.73 Å². The zero-order valence-electron chi connectivity index (χ0n) is 10.5. The number of hydrogen-bond acceptors (Lipinski definition) is 2. The standard InChI is InChI=1S/C14H20ClNO/c1-10-4-5-11(12(15)8-10)9-13(16)14(17-2)6-3-7-14/h4-5,8,13H,3,6-7,9,16H2,1-2H3.